The first kappa shape index (κ1) is 11.7. The Balaban J connectivity index is 1.81. The molecule has 0 radical (unpaired) electrons. The molecule has 4 aromatic rings. The summed E-state index contributed by atoms with van der Waals surface area (Å²) in [5, 5.41) is 7.59. The molecule has 21 heavy (non-hydrogen) atoms. The maximum absolute atomic E-state index is 5.77. The van der Waals surface area contributed by atoms with Crippen LogP contribution in [-0.4, -0.2) is 19.7 Å². The van der Waals surface area contributed by atoms with Crippen molar-refractivity contribution in [1.82, 2.24) is 19.7 Å². The summed E-state index contributed by atoms with van der Waals surface area (Å²) in [6.45, 7) is 0. The first-order chi connectivity index (χ1) is 10.3. The maximum atomic E-state index is 5.77. The Morgan fingerprint density at radius 3 is 2.48 bits per heavy atom. The first-order valence-electron chi connectivity index (χ1n) is 6.41. The molecule has 4 rings (SSSR count). The van der Waals surface area contributed by atoms with E-state index in [-0.39, 0.29) is 0 Å². The fourth-order valence-electron chi connectivity index (χ4n) is 2.16. The van der Waals surface area contributed by atoms with Gasteiger partial charge in [0.2, 0.25) is 5.89 Å². The highest BCUT2D eigenvalue weighted by molar-refractivity contribution is 5.78. The molecule has 0 fully saturated rings. The molecule has 0 bridgehead atoms. The summed E-state index contributed by atoms with van der Waals surface area (Å²) in [4.78, 5) is 4.52. The largest absolute Gasteiger partial charge is 0.436 e. The fraction of sp³-hybridized carbons (Fsp3) is 0. The number of nitrogens with zero attached hydrogens (tertiary/aromatic N) is 4. The van der Waals surface area contributed by atoms with E-state index in [2.05, 4.69) is 15.2 Å². The lowest BCUT2D eigenvalue weighted by Crippen LogP contribution is -1.88. The number of nitrogens with two attached hydrogens (primary N) is 1. The summed E-state index contributed by atoms with van der Waals surface area (Å²) in [5.41, 5.74) is 9.75. The maximum Gasteiger partial charge on any atom is 0.227 e. The van der Waals surface area contributed by atoms with Gasteiger partial charge in [-0.05, 0) is 42.5 Å². The topological polar surface area (TPSA) is 82.8 Å². The van der Waals surface area contributed by atoms with Crippen molar-refractivity contribution in [3.05, 3.63) is 55.1 Å². The number of aromatic nitrogens is 4. The highest BCUT2D eigenvalue weighted by atomic mass is 16.3. The third-order valence-corrected chi connectivity index (χ3v) is 3.25. The Morgan fingerprint density at radius 2 is 1.71 bits per heavy atom. The summed E-state index contributed by atoms with van der Waals surface area (Å²) in [7, 11) is 0. The number of nitrogen functional groups attached to an aromatic ring is 1. The fourth-order valence-corrected chi connectivity index (χ4v) is 2.16. The van der Waals surface area contributed by atoms with Gasteiger partial charge in [-0.1, -0.05) is 0 Å². The molecule has 102 valence electrons. The van der Waals surface area contributed by atoms with E-state index in [4.69, 9.17) is 10.2 Å². The van der Waals surface area contributed by atoms with Gasteiger partial charge in [0, 0.05) is 11.3 Å². The molecule has 2 aromatic carbocycles. The number of fused-ring (bicyclic) bond motifs is 1. The average Bonchev–Trinajstić information content (AvgIpc) is 3.16. The molecule has 0 aliphatic rings. The molecule has 2 aromatic heterocycles. The minimum absolute atomic E-state index is 0.575. The van der Waals surface area contributed by atoms with E-state index in [1.165, 1.54) is 0 Å². The van der Waals surface area contributed by atoms with Crippen molar-refractivity contribution < 1.29 is 4.42 Å². The van der Waals surface area contributed by atoms with Crippen LogP contribution in [0.4, 0.5) is 5.69 Å². The molecular formula is C15H11N5O. The highest BCUT2D eigenvalue weighted by Gasteiger charge is 2.09. The Morgan fingerprint density at radius 1 is 0.952 bits per heavy atom. The molecule has 0 amide bonds. The lowest BCUT2D eigenvalue weighted by molar-refractivity contribution is 0.620. The van der Waals surface area contributed by atoms with Crippen molar-refractivity contribution >= 4 is 16.8 Å². The van der Waals surface area contributed by atoms with E-state index in [9.17, 15) is 0 Å². The molecule has 0 atom stereocenters. The minimum Gasteiger partial charge on any atom is -0.436 e. The van der Waals surface area contributed by atoms with Crippen LogP contribution in [0.2, 0.25) is 0 Å². The van der Waals surface area contributed by atoms with Gasteiger partial charge in [-0.3, -0.25) is 4.57 Å². The van der Waals surface area contributed by atoms with Gasteiger partial charge in [-0.2, -0.15) is 0 Å². The first-order valence-corrected chi connectivity index (χ1v) is 6.41. The second-order valence-corrected chi connectivity index (χ2v) is 4.66. The van der Waals surface area contributed by atoms with Gasteiger partial charge >= 0.3 is 0 Å². The van der Waals surface area contributed by atoms with Crippen LogP contribution in [0.15, 0.2) is 59.5 Å². The molecule has 2 N–H and O–H groups in total. The number of rotatable bonds is 2. The van der Waals surface area contributed by atoms with E-state index >= 15 is 0 Å². The van der Waals surface area contributed by atoms with Crippen LogP contribution in [-0.2, 0) is 0 Å². The Hall–Kier alpha value is -3.15. The van der Waals surface area contributed by atoms with Gasteiger partial charge in [0.15, 0.2) is 5.58 Å². The van der Waals surface area contributed by atoms with Crippen LogP contribution >= 0.6 is 0 Å². The standard InChI is InChI=1S/C15H11N5O/c16-11-3-1-10(2-4-11)15-19-13-7-12(5-6-14(13)21-15)20-8-17-18-9-20/h1-9H,16H2. The molecule has 6 heteroatoms. The summed E-state index contributed by atoms with van der Waals surface area (Å²) in [5.74, 6) is 0.575. The van der Waals surface area contributed by atoms with Gasteiger partial charge in [0.25, 0.3) is 0 Å². The zero-order chi connectivity index (χ0) is 14.2. The van der Waals surface area contributed by atoms with Gasteiger partial charge in [-0.25, -0.2) is 4.98 Å². The molecule has 0 spiro atoms. The number of anilines is 1. The predicted molar refractivity (Wildman–Crippen MR) is 78.8 cm³/mol. The normalized spacial score (nSPS) is 11.0. The van der Waals surface area contributed by atoms with Crippen molar-refractivity contribution in [1.29, 1.82) is 0 Å². The third-order valence-electron chi connectivity index (χ3n) is 3.25. The van der Waals surface area contributed by atoms with E-state index < -0.39 is 0 Å². The van der Waals surface area contributed by atoms with E-state index in [0.717, 1.165) is 22.4 Å². The van der Waals surface area contributed by atoms with Crippen LogP contribution in [0.25, 0.3) is 28.2 Å². The van der Waals surface area contributed by atoms with Gasteiger partial charge in [0.1, 0.15) is 18.2 Å². The Bertz CT molecular complexity index is 894. The SMILES string of the molecule is Nc1ccc(-c2nc3cc(-n4cnnc4)ccc3o2)cc1. The van der Waals surface area contributed by atoms with Gasteiger partial charge < -0.3 is 10.2 Å². The Kier molecular flexibility index (Phi) is 2.47. The molecule has 6 nitrogen and oxygen atoms in total. The summed E-state index contributed by atoms with van der Waals surface area (Å²) in [6, 6.07) is 13.2. The van der Waals surface area contributed by atoms with Crippen LogP contribution in [0.5, 0.6) is 0 Å². The number of hydrogen-bond donors (Lipinski definition) is 1. The lowest BCUT2D eigenvalue weighted by Gasteiger charge is -1.98. The summed E-state index contributed by atoms with van der Waals surface area (Å²) in [6.07, 6.45) is 3.28. The van der Waals surface area contributed by atoms with Crippen molar-refractivity contribution in [2.75, 3.05) is 5.73 Å². The molecule has 0 saturated carbocycles. The highest BCUT2D eigenvalue weighted by Crippen LogP contribution is 2.26. The van der Waals surface area contributed by atoms with Crippen LogP contribution in [0.1, 0.15) is 0 Å². The van der Waals surface area contributed by atoms with Gasteiger partial charge in [-0.15, -0.1) is 10.2 Å². The van der Waals surface area contributed by atoms with E-state index in [0.29, 0.717) is 11.6 Å². The molecule has 0 aliphatic heterocycles. The number of hydrogen-bond acceptors (Lipinski definition) is 5. The number of oxazole rings is 1. The van der Waals surface area contributed by atoms with Crippen molar-refractivity contribution in [3.63, 3.8) is 0 Å². The Labute approximate surface area is 119 Å². The zero-order valence-corrected chi connectivity index (χ0v) is 11.0. The molecule has 2 heterocycles. The quantitative estimate of drug-likeness (QED) is 0.569. The van der Waals surface area contributed by atoms with E-state index in [1.54, 1.807) is 12.7 Å². The van der Waals surface area contributed by atoms with E-state index in [1.807, 2.05) is 47.0 Å². The van der Waals surface area contributed by atoms with Crippen molar-refractivity contribution in [2.24, 2.45) is 0 Å². The second-order valence-electron chi connectivity index (χ2n) is 4.66. The predicted octanol–water partition coefficient (Wildman–Crippen LogP) is 2.66. The second kappa shape index (κ2) is 4.45. The lowest BCUT2D eigenvalue weighted by atomic mass is 10.2. The smallest absolute Gasteiger partial charge is 0.227 e. The van der Waals surface area contributed by atoms with Crippen LogP contribution < -0.4 is 5.73 Å². The summed E-state index contributed by atoms with van der Waals surface area (Å²) >= 11 is 0. The van der Waals surface area contributed by atoms with Crippen molar-refractivity contribution in [3.8, 4) is 17.1 Å². The number of benzene rings is 2. The zero-order valence-electron chi connectivity index (χ0n) is 11.0. The van der Waals surface area contributed by atoms with Gasteiger partial charge in [0.05, 0.1) is 5.69 Å². The molecule has 0 saturated heterocycles. The average molecular weight is 277 g/mol. The third kappa shape index (κ3) is 2.02. The summed E-state index contributed by atoms with van der Waals surface area (Å²) < 4.78 is 7.59. The molecule has 0 aliphatic carbocycles. The molecule has 0 unspecified atom stereocenters. The minimum atomic E-state index is 0.575. The van der Waals surface area contributed by atoms with Crippen LogP contribution in [0, 0.1) is 0 Å². The van der Waals surface area contributed by atoms with Crippen LogP contribution in [0.3, 0.4) is 0 Å². The monoisotopic (exact) mass is 277 g/mol. The molecular weight excluding hydrogens is 266 g/mol. The van der Waals surface area contributed by atoms with Crippen molar-refractivity contribution in [2.45, 2.75) is 0 Å².